The van der Waals surface area contributed by atoms with Gasteiger partial charge in [0.05, 0.1) is 18.7 Å². The van der Waals surface area contributed by atoms with Gasteiger partial charge in [-0.15, -0.1) is 0 Å². The smallest absolute Gasteiger partial charge is 0.332 e. The van der Waals surface area contributed by atoms with Gasteiger partial charge in [-0.3, -0.25) is 9.59 Å². The van der Waals surface area contributed by atoms with Gasteiger partial charge in [0.15, 0.2) is 0 Å². The van der Waals surface area contributed by atoms with Crippen LogP contribution >= 0.6 is 0 Å². The summed E-state index contributed by atoms with van der Waals surface area (Å²) in [5.74, 6) is -0.998. The fourth-order valence-electron chi connectivity index (χ4n) is 3.76. The molecule has 2 fully saturated rings. The van der Waals surface area contributed by atoms with Gasteiger partial charge in [-0.05, 0) is 30.2 Å². The van der Waals surface area contributed by atoms with Crippen LogP contribution in [0, 0.1) is 5.82 Å². The van der Waals surface area contributed by atoms with E-state index in [1.807, 2.05) is 6.07 Å². The summed E-state index contributed by atoms with van der Waals surface area (Å²) < 4.78 is 13.9. The summed E-state index contributed by atoms with van der Waals surface area (Å²) in [7, 11) is 0. The van der Waals surface area contributed by atoms with Crippen LogP contribution in [0.25, 0.3) is 0 Å². The molecule has 0 saturated carbocycles. The number of imide groups is 1. The predicted octanol–water partition coefficient (Wildman–Crippen LogP) is 2.44. The highest BCUT2D eigenvalue weighted by atomic mass is 19.1. The number of urea groups is 1. The molecule has 2 saturated heterocycles. The van der Waals surface area contributed by atoms with E-state index in [1.54, 1.807) is 47.4 Å². The van der Waals surface area contributed by atoms with E-state index in [1.165, 1.54) is 15.9 Å². The zero-order valence-electron chi connectivity index (χ0n) is 15.3. The molecule has 0 bridgehead atoms. The van der Waals surface area contributed by atoms with Crippen molar-refractivity contribution < 1.29 is 18.8 Å². The zero-order valence-corrected chi connectivity index (χ0v) is 15.3. The van der Waals surface area contributed by atoms with Gasteiger partial charge in [-0.1, -0.05) is 36.4 Å². The highest BCUT2D eigenvalue weighted by Gasteiger charge is 2.47. The van der Waals surface area contributed by atoms with Crippen LogP contribution < -0.4 is 4.90 Å². The molecule has 2 aliphatic heterocycles. The van der Waals surface area contributed by atoms with Gasteiger partial charge in [0, 0.05) is 13.1 Å². The van der Waals surface area contributed by atoms with Crippen LogP contribution in [0.2, 0.25) is 0 Å². The molecule has 2 aromatic carbocycles. The Bertz CT molecular complexity index is 918. The van der Waals surface area contributed by atoms with Crippen molar-refractivity contribution in [1.82, 2.24) is 9.80 Å². The lowest BCUT2D eigenvalue weighted by Crippen LogP contribution is -2.44. The Morgan fingerprint density at radius 1 is 1.00 bits per heavy atom. The first-order valence-corrected chi connectivity index (χ1v) is 9.27. The third-order valence-corrected chi connectivity index (χ3v) is 5.21. The first-order valence-electron chi connectivity index (χ1n) is 9.27. The molecule has 144 valence electrons. The minimum Gasteiger partial charge on any atom is -0.340 e. The second-order valence-corrected chi connectivity index (χ2v) is 6.96. The maximum Gasteiger partial charge on any atom is 0.332 e. The summed E-state index contributed by atoms with van der Waals surface area (Å²) in [6.07, 6.45) is 0.505. The molecule has 2 aromatic rings. The number of carbonyl (C=O) groups is 3. The summed E-state index contributed by atoms with van der Waals surface area (Å²) in [5.41, 5.74) is 0.850. The molecule has 0 spiro atoms. The molecule has 2 heterocycles. The third-order valence-electron chi connectivity index (χ3n) is 5.21. The standard InChI is InChI=1S/C21H20FN3O3/c22-17-10-5-4-7-15(17)13-19(26)23-11-6-12-24-18(14-23)20(27)25(21(24)28)16-8-2-1-3-9-16/h1-5,7-10,18H,6,11-14H2. The number of rotatable bonds is 3. The van der Waals surface area contributed by atoms with Crippen LogP contribution in [0.3, 0.4) is 0 Å². The third kappa shape index (κ3) is 3.24. The fraction of sp³-hybridized carbons (Fsp3) is 0.286. The molecule has 0 aromatic heterocycles. The summed E-state index contributed by atoms with van der Waals surface area (Å²) in [6, 6.07) is 13.9. The maximum absolute atomic E-state index is 13.9. The van der Waals surface area contributed by atoms with Gasteiger partial charge in [-0.25, -0.2) is 14.1 Å². The molecule has 6 nitrogen and oxygen atoms in total. The minimum atomic E-state index is -0.709. The first kappa shape index (κ1) is 18.2. The average molecular weight is 381 g/mol. The van der Waals surface area contributed by atoms with Crippen LogP contribution in [0.5, 0.6) is 0 Å². The Balaban J connectivity index is 1.53. The molecule has 2 aliphatic rings. The quantitative estimate of drug-likeness (QED) is 0.768. The molecule has 0 N–H and O–H groups in total. The van der Waals surface area contributed by atoms with E-state index in [0.717, 1.165) is 0 Å². The van der Waals surface area contributed by atoms with Crippen LogP contribution in [-0.2, 0) is 16.0 Å². The van der Waals surface area contributed by atoms with Crippen molar-refractivity contribution in [3.05, 3.63) is 66.0 Å². The van der Waals surface area contributed by atoms with E-state index in [4.69, 9.17) is 0 Å². The van der Waals surface area contributed by atoms with E-state index in [9.17, 15) is 18.8 Å². The first-order chi connectivity index (χ1) is 13.6. The van der Waals surface area contributed by atoms with Crippen molar-refractivity contribution in [3.8, 4) is 0 Å². The SMILES string of the molecule is O=C(Cc1ccccc1F)N1CCCN2C(=O)N(c3ccccc3)C(=O)C2C1. The van der Waals surface area contributed by atoms with E-state index < -0.39 is 11.9 Å². The van der Waals surface area contributed by atoms with E-state index >= 15 is 0 Å². The number of amides is 4. The van der Waals surface area contributed by atoms with E-state index in [0.29, 0.717) is 30.8 Å². The molecule has 0 radical (unpaired) electrons. The molecule has 7 heteroatoms. The Kier molecular flexibility index (Phi) is 4.81. The Hall–Kier alpha value is -3.22. The summed E-state index contributed by atoms with van der Waals surface area (Å²) in [5, 5.41) is 0. The monoisotopic (exact) mass is 381 g/mol. The van der Waals surface area contributed by atoms with Crippen LogP contribution in [0.4, 0.5) is 14.9 Å². The van der Waals surface area contributed by atoms with Crippen molar-refractivity contribution in [3.63, 3.8) is 0 Å². The number of benzene rings is 2. The zero-order chi connectivity index (χ0) is 19.7. The van der Waals surface area contributed by atoms with Crippen molar-refractivity contribution in [2.75, 3.05) is 24.5 Å². The van der Waals surface area contributed by atoms with Crippen molar-refractivity contribution in [2.45, 2.75) is 18.9 Å². The van der Waals surface area contributed by atoms with Gasteiger partial charge >= 0.3 is 6.03 Å². The summed E-state index contributed by atoms with van der Waals surface area (Å²) in [4.78, 5) is 42.8. The number of anilines is 1. The molecule has 1 unspecified atom stereocenters. The lowest BCUT2D eigenvalue weighted by molar-refractivity contribution is -0.131. The molecule has 1 atom stereocenters. The maximum atomic E-state index is 13.9. The molecule has 4 rings (SSSR count). The number of hydrogen-bond donors (Lipinski definition) is 0. The van der Waals surface area contributed by atoms with E-state index in [2.05, 4.69) is 0 Å². The molecule has 4 amide bonds. The Morgan fingerprint density at radius 3 is 2.46 bits per heavy atom. The Morgan fingerprint density at radius 2 is 1.71 bits per heavy atom. The van der Waals surface area contributed by atoms with E-state index in [-0.39, 0.29) is 30.8 Å². The van der Waals surface area contributed by atoms with Gasteiger partial charge in [0.25, 0.3) is 5.91 Å². The second-order valence-electron chi connectivity index (χ2n) is 6.96. The number of hydrogen-bond acceptors (Lipinski definition) is 3. The topological polar surface area (TPSA) is 60.9 Å². The van der Waals surface area contributed by atoms with Crippen LogP contribution in [0.15, 0.2) is 54.6 Å². The lowest BCUT2D eigenvalue weighted by atomic mass is 10.1. The lowest BCUT2D eigenvalue weighted by Gasteiger charge is -2.23. The van der Waals surface area contributed by atoms with Gasteiger partial charge in [-0.2, -0.15) is 0 Å². The van der Waals surface area contributed by atoms with Crippen molar-refractivity contribution in [1.29, 1.82) is 0 Å². The average Bonchev–Trinajstić information content (AvgIpc) is 2.86. The van der Waals surface area contributed by atoms with Crippen molar-refractivity contribution >= 4 is 23.5 Å². The number of halogens is 1. The molecule has 28 heavy (non-hydrogen) atoms. The molecule has 0 aliphatic carbocycles. The van der Waals surface area contributed by atoms with Gasteiger partial charge in [0.2, 0.25) is 5.91 Å². The second kappa shape index (κ2) is 7.42. The molecular weight excluding hydrogens is 361 g/mol. The van der Waals surface area contributed by atoms with Gasteiger partial charge < -0.3 is 9.80 Å². The number of fused-ring (bicyclic) bond motifs is 1. The summed E-state index contributed by atoms with van der Waals surface area (Å²) in [6.45, 7) is 0.968. The number of nitrogens with zero attached hydrogens (tertiary/aromatic N) is 3. The fourth-order valence-corrected chi connectivity index (χ4v) is 3.76. The Labute approximate surface area is 162 Å². The van der Waals surface area contributed by atoms with Crippen LogP contribution in [0.1, 0.15) is 12.0 Å². The van der Waals surface area contributed by atoms with Gasteiger partial charge in [0.1, 0.15) is 11.9 Å². The largest absolute Gasteiger partial charge is 0.340 e. The van der Waals surface area contributed by atoms with Crippen LogP contribution in [-0.4, -0.2) is 53.3 Å². The molecular formula is C21H20FN3O3. The normalized spacial score (nSPS) is 19.6. The highest BCUT2D eigenvalue weighted by molar-refractivity contribution is 6.21. The number of para-hydroxylation sites is 1. The summed E-state index contributed by atoms with van der Waals surface area (Å²) >= 11 is 0. The highest BCUT2D eigenvalue weighted by Crippen LogP contribution is 2.27. The van der Waals surface area contributed by atoms with Crippen molar-refractivity contribution in [2.24, 2.45) is 0 Å². The predicted molar refractivity (Wildman–Crippen MR) is 101 cm³/mol. The number of carbonyl (C=O) groups excluding carboxylic acids is 3. The minimum absolute atomic E-state index is 0.0655.